The van der Waals surface area contributed by atoms with Crippen LogP contribution in [0.4, 0.5) is 0 Å². The van der Waals surface area contributed by atoms with Crippen LogP contribution in [-0.4, -0.2) is 31.7 Å². The summed E-state index contributed by atoms with van der Waals surface area (Å²) in [7, 11) is -4.63. The summed E-state index contributed by atoms with van der Waals surface area (Å²) in [5.41, 5.74) is 0. The molecule has 0 saturated heterocycles. The summed E-state index contributed by atoms with van der Waals surface area (Å²) in [6.07, 6.45) is 24.9. The number of hydrogen-bond donors (Lipinski definition) is 1. The molecule has 0 heterocycles. The van der Waals surface area contributed by atoms with Gasteiger partial charge in [0.05, 0.1) is 6.61 Å². The standard InChI is InChI=1S/C25H50O6S/c1-3-4-5-6-7-8-9-10-11-12-13-14-15-16-17-18-19-20-21-22-23-30-25(26)24(2)31-32(27,28)29/h24H,3-23H2,1-2H3,(H,27,28,29). The number of rotatable bonds is 24. The van der Waals surface area contributed by atoms with Crippen molar-refractivity contribution in [1.82, 2.24) is 0 Å². The largest absolute Gasteiger partial charge is 0.464 e. The van der Waals surface area contributed by atoms with Crippen LogP contribution in [0.15, 0.2) is 0 Å². The smallest absolute Gasteiger partial charge is 0.398 e. The van der Waals surface area contributed by atoms with Gasteiger partial charge in [0.1, 0.15) is 0 Å². The Hall–Kier alpha value is -0.660. The average Bonchev–Trinajstić information content (AvgIpc) is 2.73. The monoisotopic (exact) mass is 478 g/mol. The predicted molar refractivity (Wildman–Crippen MR) is 131 cm³/mol. The molecule has 7 heteroatoms. The maximum Gasteiger partial charge on any atom is 0.398 e. The first-order chi connectivity index (χ1) is 15.4. The third-order valence-corrected chi connectivity index (χ3v) is 6.37. The minimum Gasteiger partial charge on any atom is -0.464 e. The summed E-state index contributed by atoms with van der Waals surface area (Å²) in [6, 6.07) is 0. The van der Waals surface area contributed by atoms with Crippen molar-refractivity contribution in [2.75, 3.05) is 6.61 Å². The Kier molecular flexibility index (Phi) is 21.7. The normalized spacial score (nSPS) is 12.7. The highest BCUT2D eigenvalue weighted by molar-refractivity contribution is 7.80. The molecule has 0 aliphatic heterocycles. The van der Waals surface area contributed by atoms with Crippen LogP contribution in [0.5, 0.6) is 0 Å². The number of esters is 1. The lowest BCUT2D eigenvalue weighted by Crippen LogP contribution is -2.26. The number of hydrogen-bond acceptors (Lipinski definition) is 5. The maximum atomic E-state index is 11.5. The molecule has 1 N–H and O–H groups in total. The molecule has 192 valence electrons. The molecule has 0 bridgehead atoms. The minimum absolute atomic E-state index is 0.247. The molecule has 0 radical (unpaired) electrons. The Bertz CT molecular complexity index is 521. The van der Waals surface area contributed by atoms with Crippen LogP contribution >= 0.6 is 0 Å². The molecule has 0 aromatic heterocycles. The Balaban J connectivity index is 3.22. The Labute approximate surface area is 198 Å². The van der Waals surface area contributed by atoms with Crippen LogP contribution < -0.4 is 0 Å². The highest BCUT2D eigenvalue weighted by atomic mass is 32.3. The summed E-state index contributed by atoms with van der Waals surface area (Å²) in [5.74, 6) is -0.777. The van der Waals surface area contributed by atoms with E-state index < -0.39 is 22.5 Å². The quantitative estimate of drug-likeness (QED) is 0.0874. The van der Waals surface area contributed by atoms with E-state index in [9.17, 15) is 13.2 Å². The number of unbranched alkanes of at least 4 members (excludes halogenated alkanes) is 19. The lowest BCUT2D eigenvalue weighted by atomic mass is 10.0. The fraction of sp³-hybridized carbons (Fsp3) is 0.960. The van der Waals surface area contributed by atoms with Gasteiger partial charge in [0.25, 0.3) is 0 Å². The first-order valence-corrected chi connectivity index (χ1v) is 14.6. The van der Waals surface area contributed by atoms with E-state index in [4.69, 9.17) is 9.29 Å². The van der Waals surface area contributed by atoms with Crippen molar-refractivity contribution < 1.29 is 26.7 Å². The van der Waals surface area contributed by atoms with E-state index in [-0.39, 0.29) is 6.61 Å². The molecule has 0 amide bonds. The molecule has 0 aliphatic rings. The van der Waals surface area contributed by atoms with E-state index in [0.29, 0.717) is 0 Å². The second-order valence-corrected chi connectivity index (χ2v) is 10.1. The van der Waals surface area contributed by atoms with Crippen LogP contribution in [-0.2, 0) is 24.1 Å². The van der Waals surface area contributed by atoms with E-state index in [1.165, 1.54) is 116 Å². The molecule has 0 aromatic carbocycles. The molecule has 1 unspecified atom stereocenters. The first-order valence-electron chi connectivity index (χ1n) is 13.2. The molecule has 0 aromatic rings. The van der Waals surface area contributed by atoms with Gasteiger partial charge in [-0.25, -0.2) is 8.98 Å². The molecule has 32 heavy (non-hydrogen) atoms. The van der Waals surface area contributed by atoms with Gasteiger partial charge in [-0.3, -0.25) is 4.55 Å². The Morgan fingerprint density at radius 1 is 0.656 bits per heavy atom. The van der Waals surface area contributed by atoms with Crippen LogP contribution in [0.1, 0.15) is 142 Å². The van der Waals surface area contributed by atoms with Crippen molar-refractivity contribution in [1.29, 1.82) is 0 Å². The number of ether oxygens (including phenoxy) is 1. The van der Waals surface area contributed by atoms with Crippen molar-refractivity contribution >= 4 is 16.4 Å². The molecule has 0 aliphatic carbocycles. The van der Waals surface area contributed by atoms with Crippen molar-refractivity contribution in [2.45, 2.75) is 148 Å². The molecule has 0 saturated carbocycles. The van der Waals surface area contributed by atoms with E-state index in [1.54, 1.807) is 0 Å². The zero-order valence-corrected chi connectivity index (χ0v) is 21.6. The highest BCUT2D eigenvalue weighted by Crippen LogP contribution is 2.15. The summed E-state index contributed by atoms with van der Waals surface area (Å²) in [6.45, 7) is 3.75. The first kappa shape index (κ1) is 31.3. The molecule has 1 atom stereocenters. The summed E-state index contributed by atoms with van der Waals surface area (Å²) in [4.78, 5) is 11.5. The molecule has 0 spiro atoms. The summed E-state index contributed by atoms with van der Waals surface area (Å²) >= 11 is 0. The third-order valence-electron chi connectivity index (χ3n) is 5.84. The summed E-state index contributed by atoms with van der Waals surface area (Å²) in [5, 5.41) is 0. The third kappa shape index (κ3) is 24.0. The fourth-order valence-electron chi connectivity index (χ4n) is 3.87. The van der Waals surface area contributed by atoms with E-state index >= 15 is 0 Å². The van der Waals surface area contributed by atoms with E-state index in [2.05, 4.69) is 11.1 Å². The van der Waals surface area contributed by atoms with E-state index in [1.807, 2.05) is 0 Å². The van der Waals surface area contributed by atoms with Gasteiger partial charge in [0, 0.05) is 0 Å². The average molecular weight is 479 g/mol. The van der Waals surface area contributed by atoms with Crippen molar-refractivity contribution in [2.24, 2.45) is 0 Å². The zero-order chi connectivity index (χ0) is 23.9. The number of carbonyl (C=O) groups excluding carboxylic acids is 1. The zero-order valence-electron chi connectivity index (χ0n) is 20.8. The van der Waals surface area contributed by atoms with Gasteiger partial charge in [-0.15, -0.1) is 0 Å². The number of carbonyl (C=O) groups is 1. The van der Waals surface area contributed by atoms with Gasteiger partial charge in [0.2, 0.25) is 0 Å². The van der Waals surface area contributed by atoms with E-state index in [0.717, 1.165) is 19.3 Å². The Morgan fingerprint density at radius 3 is 1.28 bits per heavy atom. The van der Waals surface area contributed by atoms with Crippen LogP contribution in [0, 0.1) is 0 Å². The fourth-order valence-corrected chi connectivity index (χ4v) is 4.31. The minimum atomic E-state index is -4.63. The molecule has 0 rings (SSSR count). The van der Waals surface area contributed by atoms with Gasteiger partial charge < -0.3 is 4.74 Å². The van der Waals surface area contributed by atoms with Crippen molar-refractivity contribution in [3.8, 4) is 0 Å². The van der Waals surface area contributed by atoms with Crippen LogP contribution in [0.25, 0.3) is 0 Å². The van der Waals surface area contributed by atoms with Gasteiger partial charge in [-0.1, -0.05) is 129 Å². The second kappa shape index (κ2) is 22.1. The van der Waals surface area contributed by atoms with Gasteiger partial charge in [-0.05, 0) is 13.3 Å². The second-order valence-electron chi connectivity index (χ2n) is 9.05. The topological polar surface area (TPSA) is 89.9 Å². The van der Waals surface area contributed by atoms with Gasteiger partial charge in [0.15, 0.2) is 6.10 Å². The SMILES string of the molecule is CCCCCCCCCCCCCCCCCCCCCCOC(=O)C(C)OS(=O)(=O)O. The van der Waals surface area contributed by atoms with Gasteiger partial charge in [-0.2, -0.15) is 8.42 Å². The molecular weight excluding hydrogens is 428 g/mol. The summed E-state index contributed by atoms with van der Waals surface area (Å²) < 4.78 is 38.7. The van der Waals surface area contributed by atoms with Crippen LogP contribution in [0.2, 0.25) is 0 Å². The Morgan fingerprint density at radius 2 is 0.969 bits per heavy atom. The maximum absolute atomic E-state index is 11.5. The molecule has 6 nitrogen and oxygen atoms in total. The predicted octanol–water partition coefficient (Wildman–Crippen LogP) is 7.56. The lowest BCUT2D eigenvalue weighted by Gasteiger charge is -2.10. The van der Waals surface area contributed by atoms with Gasteiger partial charge >= 0.3 is 16.4 Å². The van der Waals surface area contributed by atoms with Crippen molar-refractivity contribution in [3.63, 3.8) is 0 Å². The highest BCUT2D eigenvalue weighted by Gasteiger charge is 2.21. The van der Waals surface area contributed by atoms with Crippen LogP contribution in [0.3, 0.4) is 0 Å². The molecular formula is C25H50O6S. The molecule has 0 fully saturated rings. The van der Waals surface area contributed by atoms with Crippen molar-refractivity contribution in [3.05, 3.63) is 0 Å². The lowest BCUT2D eigenvalue weighted by molar-refractivity contribution is -0.151.